The molecule has 3 heterocycles. The predicted octanol–water partition coefficient (Wildman–Crippen LogP) is 2.33. The van der Waals surface area contributed by atoms with Gasteiger partial charge in [-0.3, -0.25) is 0 Å². The van der Waals surface area contributed by atoms with E-state index in [0.29, 0.717) is 0 Å². The summed E-state index contributed by atoms with van der Waals surface area (Å²) in [6.07, 6.45) is 12.5. The van der Waals surface area contributed by atoms with E-state index in [1.165, 1.54) is 0 Å². The lowest BCUT2D eigenvalue weighted by atomic mass is 9.96. The molecule has 0 bridgehead atoms. The molecule has 1 aliphatic heterocycles. The summed E-state index contributed by atoms with van der Waals surface area (Å²) < 4.78 is 9.88. The molecule has 0 saturated heterocycles. The standard InChI is InChI=1S/C18H29N7O/c1-18(2,3)13-25-17(21-22-23-25)16(15-7-4-5-12-26-15)20-8-6-10-24-11-9-19-14-24/h5,9,11-12,14-16,20H,4,6-8,10,13H2,1-3H3/t15-,16?/m0/s1. The van der Waals surface area contributed by atoms with E-state index in [0.717, 1.165) is 44.7 Å². The average molecular weight is 359 g/mol. The predicted molar refractivity (Wildman–Crippen MR) is 98.1 cm³/mol. The van der Waals surface area contributed by atoms with Crippen molar-refractivity contribution in [2.75, 3.05) is 6.54 Å². The van der Waals surface area contributed by atoms with Crippen molar-refractivity contribution < 1.29 is 4.74 Å². The molecule has 1 aliphatic rings. The Balaban J connectivity index is 1.67. The maximum atomic E-state index is 5.88. The summed E-state index contributed by atoms with van der Waals surface area (Å²) in [5, 5.41) is 16.1. The third kappa shape index (κ3) is 5.14. The van der Waals surface area contributed by atoms with Gasteiger partial charge in [-0.25, -0.2) is 9.67 Å². The van der Waals surface area contributed by atoms with Crippen molar-refractivity contribution in [1.82, 2.24) is 35.1 Å². The van der Waals surface area contributed by atoms with Gasteiger partial charge in [-0.2, -0.15) is 0 Å². The Bertz CT molecular complexity index is 687. The number of aryl methyl sites for hydroxylation is 1. The smallest absolute Gasteiger partial charge is 0.172 e. The zero-order valence-corrected chi connectivity index (χ0v) is 15.9. The fourth-order valence-corrected chi connectivity index (χ4v) is 3.12. The highest BCUT2D eigenvalue weighted by Crippen LogP contribution is 2.26. The molecule has 0 fully saturated rings. The fourth-order valence-electron chi connectivity index (χ4n) is 3.12. The molecule has 1 unspecified atom stereocenters. The van der Waals surface area contributed by atoms with Crippen LogP contribution in [0.4, 0.5) is 0 Å². The van der Waals surface area contributed by atoms with Gasteiger partial charge in [0.2, 0.25) is 0 Å². The zero-order valence-electron chi connectivity index (χ0n) is 15.9. The van der Waals surface area contributed by atoms with Gasteiger partial charge >= 0.3 is 0 Å². The topological polar surface area (TPSA) is 82.7 Å². The fraction of sp³-hybridized carbons (Fsp3) is 0.667. The van der Waals surface area contributed by atoms with E-state index in [2.05, 4.69) is 57.2 Å². The number of hydrogen-bond acceptors (Lipinski definition) is 6. The third-order valence-corrected chi connectivity index (χ3v) is 4.32. The van der Waals surface area contributed by atoms with Crippen LogP contribution < -0.4 is 5.32 Å². The molecule has 0 spiro atoms. The molecule has 2 aromatic rings. The Labute approximate surface area is 154 Å². The molecule has 26 heavy (non-hydrogen) atoms. The summed E-state index contributed by atoms with van der Waals surface area (Å²) in [4.78, 5) is 4.08. The van der Waals surface area contributed by atoms with Crippen molar-refractivity contribution in [3.8, 4) is 0 Å². The number of rotatable bonds is 8. The number of ether oxygens (including phenoxy) is 1. The molecule has 0 aliphatic carbocycles. The van der Waals surface area contributed by atoms with Crippen LogP contribution in [-0.2, 0) is 17.8 Å². The SMILES string of the molecule is CC(C)(C)Cn1nnnc1C(NCCCn1ccnc1)[C@@H]1CCC=CO1. The van der Waals surface area contributed by atoms with Gasteiger partial charge in [0.1, 0.15) is 12.1 Å². The highest BCUT2D eigenvalue weighted by atomic mass is 16.5. The Morgan fingerprint density at radius 2 is 2.27 bits per heavy atom. The average Bonchev–Trinajstić information content (AvgIpc) is 3.26. The number of allylic oxidation sites excluding steroid dienone is 1. The van der Waals surface area contributed by atoms with Crippen LogP contribution >= 0.6 is 0 Å². The van der Waals surface area contributed by atoms with Gasteiger partial charge in [-0.15, -0.1) is 5.10 Å². The van der Waals surface area contributed by atoms with Crippen molar-refractivity contribution >= 4 is 0 Å². The lowest BCUT2D eigenvalue weighted by molar-refractivity contribution is 0.0793. The monoisotopic (exact) mass is 359 g/mol. The van der Waals surface area contributed by atoms with Crippen LogP contribution in [0.15, 0.2) is 31.1 Å². The summed E-state index contributed by atoms with van der Waals surface area (Å²) in [6.45, 7) is 9.11. The van der Waals surface area contributed by atoms with Crippen LogP contribution in [0.2, 0.25) is 0 Å². The van der Waals surface area contributed by atoms with Gasteiger partial charge < -0.3 is 14.6 Å². The van der Waals surface area contributed by atoms with E-state index in [-0.39, 0.29) is 17.6 Å². The Hall–Kier alpha value is -2.22. The number of imidazole rings is 1. The summed E-state index contributed by atoms with van der Waals surface area (Å²) in [5.41, 5.74) is 0.101. The van der Waals surface area contributed by atoms with Gasteiger partial charge in [0, 0.05) is 25.5 Å². The highest BCUT2D eigenvalue weighted by Gasteiger charge is 2.30. The summed E-state index contributed by atoms with van der Waals surface area (Å²) in [5.74, 6) is 0.850. The van der Waals surface area contributed by atoms with Crippen molar-refractivity contribution in [3.05, 3.63) is 36.9 Å². The van der Waals surface area contributed by atoms with Crippen LogP contribution in [0, 0.1) is 5.41 Å². The summed E-state index contributed by atoms with van der Waals surface area (Å²) in [6, 6.07) is -0.0277. The first-order valence-corrected chi connectivity index (χ1v) is 9.28. The van der Waals surface area contributed by atoms with E-state index in [4.69, 9.17) is 4.74 Å². The van der Waals surface area contributed by atoms with E-state index in [1.807, 2.05) is 17.2 Å². The van der Waals surface area contributed by atoms with Gasteiger partial charge in [-0.05, 0) is 47.7 Å². The minimum atomic E-state index is -0.0277. The van der Waals surface area contributed by atoms with Crippen LogP contribution in [0.3, 0.4) is 0 Å². The Kier molecular flexibility index (Phi) is 6.03. The molecule has 0 amide bonds. The Morgan fingerprint density at radius 3 is 2.96 bits per heavy atom. The molecule has 1 N–H and O–H groups in total. The second kappa shape index (κ2) is 8.44. The van der Waals surface area contributed by atoms with E-state index < -0.39 is 0 Å². The van der Waals surface area contributed by atoms with E-state index in [9.17, 15) is 0 Å². The first-order valence-electron chi connectivity index (χ1n) is 9.28. The van der Waals surface area contributed by atoms with Gasteiger partial charge in [-0.1, -0.05) is 20.8 Å². The summed E-state index contributed by atoms with van der Waals surface area (Å²) >= 11 is 0. The molecule has 0 radical (unpaired) electrons. The number of tetrazole rings is 1. The number of nitrogens with zero attached hydrogens (tertiary/aromatic N) is 6. The molecular weight excluding hydrogens is 330 g/mol. The van der Waals surface area contributed by atoms with Crippen molar-refractivity contribution in [2.45, 2.75) is 65.3 Å². The van der Waals surface area contributed by atoms with Crippen molar-refractivity contribution in [1.29, 1.82) is 0 Å². The molecule has 8 nitrogen and oxygen atoms in total. The van der Waals surface area contributed by atoms with Crippen molar-refractivity contribution in [2.24, 2.45) is 5.41 Å². The maximum absolute atomic E-state index is 5.88. The molecule has 142 valence electrons. The van der Waals surface area contributed by atoms with Crippen LogP contribution in [0.25, 0.3) is 0 Å². The van der Waals surface area contributed by atoms with Gasteiger partial charge in [0.25, 0.3) is 0 Å². The number of aromatic nitrogens is 6. The first kappa shape index (κ1) is 18.6. The second-order valence-electron chi connectivity index (χ2n) is 7.96. The summed E-state index contributed by atoms with van der Waals surface area (Å²) in [7, 11) is 0. The maximum Gasteiger partial charge on any atom is 0.172 e. The quantitative estimate of drug-likeness (QED) is 0.729. The second-order valence-corrected chi connectivity index (χ2v) is 7.96. The number of nitrogens with one attached hydrogen (secondary N) is 1. The van der Waals surface area contributed by atoms with E-state index in [1.54, 1.807) is 12.5 Å². The molecule has 8 heteroatoms. The van der Waals surface area contributed by atoms with Crippen LogP contribution in [0.5, 0.6) is 0 Å². The molecule has 0 aromatic carbocycles. The zero-order chi connectivity index (χ0) is 18.4. The largest absolute Gasteiger partial charge is 0.496 e. The minimum Gasteiger partial charge on any atom is -0.496 e. The molecule has 0 saturated carbocycles. The number of hydrogen-bond donors (Lipinski definition) is 1. The van der Waals surface area contributed by atoms with Crippen molar-refractivity contribution in [3.63, 3.8) is 0 Å². The Morgan fingerprint density at radius 1 is 1.38 bits per heavy atom. The lowest BCUT2D eigenvalue weighted by Gasteiger charge is -2.29. The van der Waals surface area contributed by atoms with Crippen LogP contribution in [-0.4, -0.2) is 42.4 Å². The van der Waals surface area contributed by atoms with Gasteiger partial charge in [0.15, 0.2) is 5.82 Å². The first-order chi connectivity index (χ1) is 12.5. The normalized spacial score (nSPS) is 18.7. The molecule has 2 atom stereocenters. The third-order valence-electron chi connectivity index (χ3n) is 4.32. The van der Waals surface area contributed by atoms with Gasteiger partial charge in [0.05, 0.1) is 12.6 Å². The van der Waals surface area contributed by atoms with Crippen LogP contribution in [0.1, 0.15) is 51.9 Å². The molecule has 2 aromatic heterocycles. The lowest BCUT2D eigenvalue weighted by Crippen LogP contribution is -2.37. The molecule has 3 rings (SSSR count). The van der Waals surface area contributed by atoms with E-state index >= 15 is 0 Å². The highest BCUT2D eigenvalue weighted by molar-refractivity contribution is 5.00. The minimum absolute atomic E-state index is 0.0277. The molecular formula is C18H29N7O.